The fraction of sp³-hybridized carbons (Fsp3) is 0.364. The highest BCUT2D eigenvalue weighted by Crippen LogP contribution is 2.18. The van der Waals surface area contributed by atoms with Gasteiger partial charge in [0.25, 0.3) is 0 Å². The van der Waals surface area contributed by atoms with Crippen LogP contribution >= 0.6 is 22.6 Å². The normalized spacial score (nSPS) is 10.1. The summed E-state index contributed by atoms with van der Waals surface area (Å²) >= 11 is 2.01. The topological polar surface area (TPSA) is 50.4 Å². The average molecular weight is 352 g/mol. The molecule has 0 unspecified atom stereocenters. The van der Waals surface area contributed by atoms with Gasteiger partial charge in [-0.3, -0.25) is 4.79 Å². The summed E-state index contributed by atoms with van der Waals surface area (Å²) in [4.78, 5) is 11.4. The first kappa shape index (κ1) is 14.2. The zero-order valence-electron chi connectivity index (χ0n) is 9.43. The van der Waals surface area contributed by atoms with E-state index in [4.69, 9.17) is 4.74 Å². The molecule has 4 nitrogen and oxygen atoms in total. The van der Waals surface area contributed by atoms with Crippen molar-refractivity contribution in [2.24, 2.45) is 0 Å². The lowest BCUT2D eigenvalue weighted by Gasteiger charge is -2.09. The van der Waals surface area contributed by atoms with Crippen molar-refractivity contribution in [3.8, 4) is 0 Å². The summed E-state index contributed by atoms with van der Waals surface area (Å²) in [5.74, 6) is -0.410. The SMILES string of the molecule is COCCNC(=O)CNc1ccc(F)cc1I. The Bertz CT molecular complexity index is 388. The number of ether oxygens (including phenoxy) is 1. The van der Waals surface area contributed by atoms with Gasteiger partial charge in [0.2, 0.25) is 5.91 Å². The maximum absolute atomic E-state index is 12.8. The molecule has 0 heterocycles. The Hall–Kier alpha value is -0.890. The molecule has 1 aromatic carbocycles. The van der Waals surface area contributed by atoms with Gasteiger partial charge >= 0.3 is 0 Å². The van der Waals surface area contributed by atoms with Crippen LogP contribution < -0.4 is 10.6 Å². The van der Waals surface area contributed by atoms with Gasteiger partial charge in [-0.1, -0.05) is 0 Å². The molecule has 1 amide bonds. The van der Waals surface area contributed by atoms with Crippen molar-refractivity contribution in [2.45, 2.75) is 0 Å². The Balaban J connectivity index is 2.37. The van der Waals surface area contributed by atoms with Gasteiger partial charge in [0.15, 0.2) is 0 Å². The lowest BCUT2D eigenvalue weighted by molar-refractivity contribution is -0.119. The number of hydrogen-bond donors (Lipinski definition) is 2. The van der Waals surface area contributed by atoms with E-state index < -0.39 is 0 Å². The van der Waals surface area contributed by atoms with Crippen LogP contribution in [0.5, 0.6) is 0 Å². The number of carbonyl (C=O) groups excluding carboxylic acids is 1. The van der Waals surface area contributed by atoms with Crippen LogP contribution in [-0.4, -0.2) is 32.7 Å². The van der Waals surface area contributed by atoms with Gasteiger partial charge in [-0.15, -0.1) is 0 Å². The van der Waals surface area contributed by atoms with Gasteiger partial charge in [0.1, 0.15) is 5.82 Å². The van der Waals surface area contributed by atoms with E-state index in [0.29, 0.717) is 13.2 Å². The van der Waals surface area contributed by atoms with Crippen LogP contribution in [0.4, 0.5) is 10.1 Å². The molecule has 17 heavy (non-hydrogen) atoms. The van der Waals surface area contributed by atoms with Crippen molar-refractivity contribution < 1.29 is 13.9 Å². The second-order valence-electron chi connectivity index (χ2n) is 3.32. The third-order valence-electron chi connectivity index (χ3n) is 2.00. The van der Waals surface area contributed by atoms with E-state index >= 15 is 0 Å². The summed E-state index contributed by atoms with van der Waals surface area (Å²) in [6.45, 7) is 1.13. The highest BCUT2D eigenvalue weighted by molar-refractivity contribution is 14.1. The van der Waals surface area contributed by atoms with Crippen molar-refractivity contribution in [1.82, 2.24) is 5.32 Å². The van der Waals surface area contributed by atoms with Crippen LogP contribution in [0.3, 0.4) is 0 Å². The van der Waals surface area contributed by atoms with Crippen LogP contribution in [-0.2, 0) is 9.53 Å². The number of methoxy groups -OCH3 is 1. The molecule has 0 spiro atoms. The first-order valence-corrected chi connectivity index (χ1v) is 6.16. The number of anilines is 1. The summed E-state index contributed by atoms with van der Waals surface area (Å²) in [5, 5.41) is 5.62. The smallest absolute Gasteiger partial charge is 0.239 e. The minimum atomic E-state index is -0.288. The van der Waals surface area contributed by atoms with Gasteiger partial charge in [-0.25, -0.2) is 4.39 Å². The van der Waals surface area contributed by atoms with Gasteiger partial charge in [-0.05, 0) is 40.8 Å². The number of halogens is 2. The number of benzene rings is 1. The van der Waals surface area contributed by atoms with Crippen LogP contribution in [0.2, 0.25) is 0 Å². The average Bonchev–Trinajstić information content (AvgIpc) is 2.28. The number of carbonyl (C=O) groups is 1. The fourth-order valence-corrected chi connectivity index (χ4v) is 1.83. The summed E-state index contributed by atoms with van der Waals surface area (Å²) in [6, 6.07) is 4.37. The van der Waals surface area contributed by atoms with Crippen LogP contribution in [0.15, 0.2) is 18.2 Å². The summed E-state index contributed by atoms with van der Waals surface area (Å²) in [6.07, 6.45) is 0. The molecule has 0 bridgehead atoms. The van der Waals surface area contributed by atoms with Crippen LogP contribution in [0.1, 0.15) is 0 Å². The van der Waals surface area contributed by atoms with Crippen molar-refractivity contribution in [2.75, 3.05) is 32.1 Å². The van der Waals surface area contributed by atoms with E-state index in [9.17, 15) is 9.18 Å². The Morgan fingerprint density at radius 3 is 2.94 bits per heavy atom. The summed E-state index contributed by atoms with van der Waals surface area (Å²) in [7, 11) is 1.57. The lowest BCUT2D eigenvalue weighted by atomic mass is 10.3. The van der Waals surface area contributed by atoms with E-state index in [-0.39, 0.29) is 18.3 Å². The molecule has 0 saturated carbocycles. The zero-order valence-corrected chi connectivity index (χ0v) is 11.6. The minimum absolute atomic E-state index is 0.123. The molecule has 0 radical (unpaired) electrons. The molecule has 0 aliphatic carbocycles. The number of hydrogen-bond acceptors (Lipinski definition) is 3. The molecular formula is C11H14FIN2O2. The standard InChI is InChI=1S/C11H14FIN2O2/c1-17-5-4-14-11(16)7-15-10-3-2-8(12)6-9(10)13/h2-3,6,15H,4-5,7H2,1H3,(H,14,16). The molecule has 94 valence electrons. The van der Waals surface area contributed by atoms with E-state index in [1.807, 2.05) is 22.6 Å². The Labute approximate surface area is 113 Å². The molecule has 0 aromatic heterocycles. The largest absolute Gasteiger partial charge is 0.383 e. The van der Waals surface area contributed by atoms with E-state index in [1.165, 1.54) is 12.1 Å². The maximum Gasteiger partial charge on any atom is 0.239 e. The third-order valence-corrected chi connectivity index (χ3v) is 2.89. The van der Waals surface area contributed by atoms with E-state index in [0.717, 1.165) is 9.26 Å². The van der Waals surface area contributed by atoms with Crippen molar-refractivity contribution in [3.05, 3.63) is 27.6 Å². The Morgan fingerprint density at radius 1 is 1.53 bits per heavy atom. The molecule has 1 rings (SSSR count). The van der Waals surface area contributed by atoms with Gasteiger partial charge < -0.3 is 15.4 Å². The summed E-state index contributed by atoms with van der Waals surface area (Å²) in [5.41, 5.74) is 0.744. The second-order valence-corrected chi connectivity index (χ2v) is 4.48. The fourth-order valence-electron chi connectivity index (χ4n) is 1.16. The monoisotopic (exact) mass is 352 g/mol. The number of amides is 1. The maximum atomic E-state index is 12.8. The Morgan fingerprint density at radius 2 is 2.29 bits per heavy atom. The molecule has 0 atom stereocenters. The van der Waals surface area contributed by atoms with Crippen molar-refractivity contribution in [1.29, 1.82) is 0 Å². The molecule has 0 saturated heterocycles. The molecule has 1 aromatic rings. The first-order chi connectivity index (χ1) is 8.13. The molecule has 0 fully saturated rings. The van der Waals surface area contributed by atoms with E-state index in [1.54, 1.807) is 13.2 Å². The predicted octanol–water partition coefficient (Wildman–Crippen LogP) is 1.60. The quantitative estimate of drug-likeness (QED) is 0.604. The molecule has 0 aliphatic rings. The molecule has 6 heteroatoms. The second kappa shape index (κ2) is 7.44. The molecular weight excluding hydrogens is 338 g/mol. The van der Waals surface area contributed by atoms with Gasteiger partial charge in [0.05, 0.1) is 13.2 Å². The third kappa shape index (κ3) is 5.31. The minimum Gasteiger partial charge on any atom is -0.383 e. The zero-order chi connectivity index (χ0) is 12.7. The predicted molar refractivity (Wildman–Crippen MR) is 72.5 cm³/mol. The van der Waals surface area contributed by atoms with Gasteiger partial charge in [0, 0.05) is 22.9 Å². The number of nitrogens with one attached hydrogen (secondary N) is 2. The highest BCUT2D eigenvalue weighted by Gasteiger charge is 2.04. The molecule has 2 N–H and O–H groups in total. The first-order valence-electron chi connectivity index (χ1n) is 5.08. The number of rotatable bonds is 6. The van der Waals surface area contributed by atoms with Crippen LogP contribution in [0, 0.1) is 9.39 Å². The highest BCUT2D eigenvalue weighted by atomic mass is 127. The molecule has 0 aliphatic heterocycles. The van der Waals surface area contributed by atoms with E-state index in [2.05, 4.69) is 10.6 Å². The van der Waals surface area contributed by atoms with Crippen LogP contribution in [0.25, 0.3) is 0 Å². The van der Waals surface area contributed by atoms with Gasteiger partial charge in [-0.2, -0.15) is 0 Å². The van der Waals surface area contributed by atoms with Crippen molar-refractivity contribution >= 4 is 34.2 Å². The van der Waals surface area contributed by atoms with Crippen molar-refractivity contribution in [3.63, 3.8) is 0 Å². The lowest BCUT2D eigenvalue weighted by Crippen LogP contribution is -2.32. The summed E-state index contributed by atoms with van der Waals surface area (Å²) < 4.78 is 18.4. The Kier molecular flexibility index (Phi) is 6.20.